The molecule has 0 heterocycles. The van der Waals surface area contributed by atoms with Crippen LogP contribution in [0.15, 0.2) is 12.1 Å². The van der Waals surface area contributed by atoms with Crippen LogP contribution in [0.4, 0.5) is 0 Å². The van der Waals surface area contributed by atoms with Gasteiger partial charge in [-0.1, -0.05) is 12.1 Å². The Hall–Kier alpha value is -0.870. The maximum absolute atomic E-state index is 9.78. The van der Waals surface area contributed by atoms with Gasteiger partial charge in [0.05, 0.1) is 13.4 Å². The van der Waals surface area contributed by atoms with Crippen LogP contribution in [0.1, 0.15) is 22.3 Å². The van der Waals surface area contributed by atoms with Gasteiger partial charge in [0.2, 0.25) is 0 Å². The molecule has 0 aliphatic rings. The second-order valence-electron chi connectivity index (χ2n) is 3.82. The second kappa shape index (κ2) is 6.01. The van der Waals surface area contributed by atoms with Crippen molar-refractivity contribution in [2.24, 2.45) is 0 Å². The van der Waals surface area contributed by atoms with Gasteiger partial charge in [-0.2, -0.15) is 8.42 Å². The lowest BCUT2D eigenvalue weighted by Crippen LogP contribution is -1.95. The molecule has 0 aliphatic carbocycles. The molecular formula is C12H20O3S. The Bertz CT molecular complexity index is 421. The van der Waals surface area contributed by atoms with Crippen molar-refractivity contribution in [1.82, 2.24) is 0 Å². The number of rotatable bonds is 1. The van der Waals surface area contributed by atoms with E-state index < -0.39 is 10.1 Å². The number of hydrogen-bond acceptors (Lipinski definition) is 3. The van der Waals surface area contributed by atoms with Crippen molar-refractivity contribution in [2.45, 2.75) is 27.7 Å². The Morgan fingerprint density at radius 2 is 1.19 bits per heavy atom. The van der Waals surface area contributed by atoms with Crippen LogP contribution in [0.3, 0.4) is 0 Å². The van der Waals surface area contributed by atoms with E-state index in [0.717, 1.165) is 13.4 Å². The molecule has 3 nitrogen and oxygen atoms in total. The van der Waals surface area contributed by atoms with Crippen LogP contribution in [0, 0.1) is 27.7 Å². The maximum atomic E-state index is 9.78. The quantitative estimate of drug-likeness (QED) is 0.713. The summed E-state index contributed by atoms with van der Waals surface area (Å²) in [6.07, 6.45) is 0.993. The molecule has 0 bridgehead atoms. The molecule has 0 spiro atoms. The first-order valence-electron chi connectivity index (χ1n) is 4.98. The first kappa shape index (κ1) is 15.1. The third kappa shape index (κ3) is 5.28. The topological polar surface area (TPSA) is 43.4 Å². The van der Waals surface area contributed by atoms with Crippen LogP contribution >= 0.6 is 0 Å². The Labute approximate surface area is 98.6 Å². The molecule has 1 aromatic carbocycles. The summed E-state index contributed by atoms with van der Waals surface area (Å²) in [5.74, 6) is 0. The van der Waals surface area contributed by atoms with Crippen molar-refractivity contribution in [3.63, 3.8) is 0 Å². The molecule has 4 heteroatoms. The summed E-state index contributed by atoms with van der Waals surface area (Å²) in [5, 5.41) is 0. The summed E-state index contributed by atoms with van der Waals surface area (Å²) in [6, 6.07) is 4.36. The van der Waals surface area contributed by atoms with E-state index in [-0.39, 0.29) is 0 Å². The normalized spacial score (nSPS) is 10.6. The molecule has 0 unspecified atom stereocenters. The minimum Gasteiger partial charge on any atom is -0.274 e. The van der Waals surface area contributed by atoms with E-state index in [2.05, 4.69) is 44.0 Å². The third-order valence-corrected chi connectivity index (χ3v) is 3.24. The van der Waals surface area contributed by atoms with Crippen LogP contribution < -0.4 is 0 Å². The van der Waals surface area contributed by atoms with Crippen molar-refractivity contribution < 1.29 is 12.6 Å². The molecule has 16 heavy (non-hydrogen) atoms. The molecule has 92 valence electrons. The predicted molar refractivity (Wildman–Crippen MR) is 67.2 cm³/mol. The molecule has 0 fully saturated rings. The van der Waals surface area contributed by atoms with Crippen molar-refractivity contribution in [2.75, 3.05) is 13.4 Å². The van der Waals surface area contributed by atoms with Gasteiger partial charge in [-0.3, -0.25) is 4.18 Å². The van der Waals surface area contributed by atoms with E-state index >= 15 is 0 Å². The van der Waals surface area contributed by atoms with Crippen LogP contribution in [0.25, 0.3) is 0 Å². The molecule has 0 aliphatic heterocycles. The zero-order valence-electron chi connectivity index (χ0n) is 10.8. The monoisotopic (exact) mass is 244 g/mol. The molecule has 0 atom stereocenters. The highest BCUT2D eigenvalue weighted by molar-refractivity contribution is 7.85. The van der Waals surface area contributed by atoms with Crippen molar-refractivity contribution >= 4 is 10.1 Å². The highest BCUT2D eigenvalue weighted by atomic mass is 32.2. The Morgan fingerprint density at radius 3 is 1.38 bits per heavy atom. The van der Waals surface area contributed by atoms with Crippen molar-refractivity contribution in [3.8, 4) is 0 Å². The van der Waals surface area contributed by atoms with Gasteiger partial charge in [-0.15, -0.1) is 0 Å². The Kier molecular flexibility index (Phi) is 5.68. The fourth-order valence-electron chi connectivity index (χ4n) is 1.09. The smallest absolute Gasteiger partial charge is 0.264 e. The Balaban J connectivity index is 0.000000325. The van der Waals surface area contributed by atoms with Gasteiger partial charge in [0, 0.05) is 0 Å². The van der Waals surface area contributed by atoms with Crippen LogP contribution in [-0.4, -0.2) is 21.8 Å². The fraction of sp³-hybridized carbons (Fsp3) is 0.500. The zero-order chi connectivity index (χ0) is 12.9. The van der Waals surface area contributed by atoms with Gasteiger partial charge < -0.3 is 0 Å². The lowest BCUT2D eigenvalue weighted by Gasteiger charge is -2.06. The molecule has 0 aromatic heterocycles. The van der Waals surface area contributed by atoms with Crippen LogP contribution in [-0.2, 0) is 14.3 Å². The average molecular weight is 244 g/mol. The molecular weight excluding hydrogens is 224 g/mol. The minimum atomic E-state index is -3.16. The van der Waals surface area contributed by atoms with Gasteiger partial charge >= 0.3 is 0 Å². The largest absolute Gasteiger partial charge is 0.274 e. The van der Waals surface area contributed by atoms with E-state index in [1.165, 1.54) is 22.3 Å². The highest BCUT2D eigenvalue weighted by Crippen LogP contribution is 2.15. The van der Waals surface area contributed by atoms with Gasteiger partial charge in [0.25, 0.3) is 10.1 Å². The summed E-state index contributed by atoms with van der Waals surface area (Å²) < 4.78 is 23.5. The molecule has 0 amide bonds. The molecule has 0 N–H and O–H groups in total. The van der Waals surface area contributed by atoms with Gasteiger partial charge in [0.15, 0.2) is 0 Å². The lowest BCUT2D eigenvalue weighted by atomic mass is 10.0. The Morgan fingerprint density at radius 1 is 0.938 bits per heavy atom. The van der Waals surface area contributed by atoms with E-state index in [1.54, 1.807) is 0 Å². The zero-order valence-corrected chi connectivity index (χ0v) is 11.6. The summed E-state index contributed by atoms with van der Waals surface area (Å²) in [4.78, 5) is 0. The second-order valence-corrected chi connectivity index (χ2v) is 5.56. The SMILES string of the molecule is COS(C)(=O)=O.Cc1ccc(C)c(C)c1C. The molecule has 0 saturated carbocycles. The van der Waals surface area contributed by atoms with Crippen molar-refractivity contribution in [3.05, 3.63) is 34.4 Å². The van der Waals surface area contributed by atoms with Gasteiger partial charge in [-0.05, 0) is 49.9 Å². The van der Waals surface area contributed by atoms with Gasteiger partial charge in [0.1, 0.15) is 0 Å². The molecule has 0 radical (unpaired) electrons. The number of benzene rings is 1. The fourth-order valence-corrected chi connectivity index (χ4v) is 1.09. The molecule has 0 saturated heterocycles. The summed E-state index contributed by atoms with van der Waals surface area (Å²) in [5.41, 5.74) is 5.64. The standard InChI is InChI=1S/C10H14.C2H6O3S/c1-7-5-6-8(2)10(4)9(7)3;1-5-6(2,3)4/h5-6H,1-4H3;1-2H3. The van der Waals surface area contributed by atoms with E-state index in [9.17, 15) is 8.42 Å². The number of aryl methyl sites for hydroxylation is 2. The molecule has 1 aromatic rings. The van der Waals surface area contributed by atoms with E-state index in [0.29, 0.717) is 0 Å². The van der Waals surface area contributed by atoms with Crippen molar-refractivity contribution in [1.29, 1.82) is 0 Å². The minimum absolute atomic E-state index is 0.993. The third-order valence-electron chi connectivity index (χ3n) is 2.63. The van der Waals surface area contributed by atoms with Crippen LogP contribution in [0.2, 0.25) is 0 Å². The summed E-state index contributed by atoms with van der Waals surface area (Å²) >= 11 is 0. The summed E-state index contributed by atoms with van der Waals surface area (Å²) in [7, 11) is -2.04. The van der Waals surface area contributed by atoms with Crippen LogP contribution in [0.5, 0.6) is 0 Å². The predicted octanol–water partition coefficient (Wildman–Crippen LogP) is 2.51. The number of hydrogen-bond donors (Lipinski definition) is 0. The van der Waals surface area contributed by atoms with E-state index in [1.807, 2.05) is 0 Å². The maximum Gasteiger partial charge on any atom is 0.264 e. The van der Waals surface area contributed by atoms with Gasteiger partial charge in [-0.25, -0.2) is 0 Å². The summed E-state index contributed by atoms with van der Waals surface area (Å²) in [6.45, 7) is 8.67. The highest BCUT2D eigenvalue weighted by Gasteiger charge is 1.97. The first-order chi connectivity index (χ1) is 7.19. The molecule has 1 rings (SSSR count). The average Bonchev–Trinajstić information content (AvgIpc) is 2.21. The first-order valence-corrected chi connectivity index (χ1v) is 6.79. The lowest BCUT2D eigenvalue weighted by molar-refractivity contribution is 0.403. The van der Waals surface area contributed by atoms with E-state index in [4.69, 9.17) is 0 Å².